The van der Waals surface area contributed by atoms with Crippen molar-refractivity contribution in [2.45, 2.75) is 40.5 Å². The van der Waals surface area contributed by atoms with E-state index in [0.717, 1.165) is 30.3 Å². The monoisotopic (exact) mass is 236 g/mol. The Morgan fingerprint density at radius 2 is 1.65 bits per heavy atom. The van der Waals surface area contributed by atoms with E-state index in [4.69, 9.17) is 0 Å². The van der Waals surface area contributed by atoms with Crippen molar-refractivity contribution in [3.8, 4) is 0 Å². The van der Waals surface area contributed by atoms with Crippen molar-refractivity contribution in [1.29, 1.82) is 0 Å². The van der Waals surface area contributed by atoms with Crippen molar-refractivity contribution in [3.63, 3.8) is 0 Å². The summed E-state index contributed by atoms with van der Waals surface area (Å²) in [7, 11) is 0. The van der Waals surface area contributed by atoms with Crippen molar-refractivity contribution in [2.24, 2.45) is 5.92 Å². The van der Waals surface area contributed by atoms with Gasteiger partial charge in [0.25, 0.3) is 0 Å². The largest absolute Gasteiger partial charge is 0.370 e. The molecule has 4 nitrogen and oxygen atoms in total. The highest BCUT2D eigenvalue weighted by atomic mass is 15.1. The van der Waals surface area contributed by atoms with Gasteiger partial charge in [0.05, 0.1) is 0 Å². The van der Waals surface area contributed by atoms with Crippen LogP contribution in [0.25, 0.3) is 0 Å². The van der Waals surface area contributed by atoms with Crippen LogP contribution >= 0.6 is 0 Å². The maximum atomic E-state index is 4.30. The third kappa shape index (κ3) is 3.88. The molecule has 0 aliphatic heterocycles. The zero-order chi connectivity index (χ0) is 12.7. The van der Waals surface area contributed by atoms with E-state index < -0.39 is 0 Å². The summed E-state index contributed by atoms with van der Waals surface area (Å²) in [6.45, 7) is 10.4. The van der Waals surface area contributed by atoms with Crippen LogP contribution in [0, 0.1) is 12.8 Å². The Morgan fingerprint density at radius 3 is 2.18 bits per heavy atom. The number of rotatable bonds is 7. The van der Waals surface area contributed by atoms with Gasteiger partial charge in [-0.15, -0.1) is 0 Å². The van der Waals surface area contributed by atoms with E-state index in [2.05, 4.69) is 41.4 Å². The minimum absolute atomic E-state index is 0.715. The minimum Gasteiger partial charge on any atom is -0.370 e. The highest BCUT2D eigenvalue weighted by Gasteiger charge is 2.08. The molecule has 0 bridgehead atoms. The van der Waals surface area contributed by atoms with Crippen LogP contribution in [0.4, 0.5) is 11.6 Å². The molecule has 4 heteroatoms. The van der Waals surface area contributed by atoms with Crippen molar-refractivity contribution in [1.82, 2.24) is 9.97 Å². The van der Waals surface area contributed by atoms with Gasteiger partial charge in [-0.25, -0.2) is 9.97 Å². The summed E-state index contributed by atoms with van der Waals surface area (Å²) < 4.78 is 0. The molecule has 2 N–H and O–H groups in total. The summed E-state index contributed by atoms with van der Waals surface area (Å²) >= 11 is 0. The topological polar surface area (TPSA) is 49.8 Å². The van der Waals surface area contributed by atoms with Gasteiger partial charge >= 0.3 is 0 Å². The Kier molecular flexibility index (Phi) is 5.73. The molecular weight excluding hydrogens is 212 g/mol. The Morgan fingerprint density at radius 1 is 1.06 bits per heavy atom. The SMILES string of the molecule is CCNc1ncnc(NCC(CC)CC)c1C. The second-order valence-electron chi connectivity index (χ2n) is 4.29. The van der Waals surface area contributed by atoms with Gasteiger partial charge in [-0.3, -0.25) is 0 Å². The van der Waals surface area contributed by atoms with Crippen LogP contribution in [0.2, 0.25) is 0 Å². The number of anilines is 2. The van der Waals surface area contributed by atoms with Gasteiger partial charge in [-0.1, -0.05) is 26.7 Å². The molecule has 0 unspecified atom stereocenters. The zero-order valence-corrected chi connectivity index (χ0v) is 11.4. The Labute approximate surface area is 104 Å². The first-order chi connectivity index (χ1) is 8.22. The van der Waals surface area contributed by atoms with Crippen LogP contribution in [0.5, 0.6) is 0 Å². The summed E-state index contributed by atoms with van der Waals surface area (Å²) in [5, 5.41) is 6.66. The molecule has 0 aromatic carbocycles. The number of aromatic nitrogens is 2. The summed E-state index contributed by atoms with van der Waals surface area (Å²) in [6, 6.07) is 0. The van der Waals surface area contributed by atoms with E-state index in [1.165, 1.54) is 12.8 Å². The van der Waals surface area contributed by atoms with E-state index in [9.17, 15) is 0 Å². The van der Waals surface area contributed by atoms with Crippen molar-refractivity contribution in [3.05, 3.63) is 11.9 Å². The molecule has 0 amide bonds. The average molecular weight is 236 g/mol. The van der Waals surface area contributed by atoms with Gasteiger partial charge in [0.1, 0.15) is 18.0 Å². The molecule has 0 aliphatic rings. The molecule has 1 aromatic rings. The van der Waals surface area contributed by atoms with Crippen LogP contribution < -0.4 is 10.6 Å². The number of nitrogens with zero attached hydrogens (tertiary/aromatic N) is 2. The van der Waals surface area contributed by atoms with Gasteiger partial charge in [-0.2, -0.15) is 0 Å². The minimum atomic E-state index is 0.715. The number of hydrogen-bond acceptors (Lipinski definition) is 4. The maximum Gasteiger partial charge on any atom is 0.134 e. The Balaban J connectivity index is 2.67. The van der Waals surface area contributed by atoms with Crippen molar-refractivity contribution >= 4 is 11.6 Å². The standard InChI is InChI=1S/C13H24N4/c1-5-11(6-2)8-15-13-10(4)12(14-7-3)16-9-17-13/h9,11H,5-8H2,1-4H3,(H2,14,15,16,17). The second-order valence-corrected chi connectivity index (χ2v) is 4.29. The fourth-order valence-electron chi connectivity index (χ4n) is 1.79. The molecule has 0 spiro atoms. The number of hydrogen-bond donors (Lipinski definition) is 2. The lowest BCUT2D eigenvalue weighted by Gasteiger charge is -2.16. The molecule has 0 saturated heterocycles. The molecule has 1 rings (SSSR count). The maximum absolute atomic E-state index is 4.30. The van der Waals surface area contributed by atoms with Gasteiger partial charge in [0.2, 0.25) is 0 Å². The molecule has 1 heterocycles. The first-order valence-corrected chi connectivity index (χ1v) is 6.52. The molecule has 1 aromatic heterocycles. The molecule has 96 valence electrons. The molecule has 17 heavy (non-hydrogen) atoms. The van der Waals surface area contributed by atoms with Crippen LogP contribution in [-0.4, -0.2) is 23.1 Å². The van der Waals surface area contributed by atoms with E-state index in [-0.39, 0.29) is 0 Å². The summed E-state index contributed by atoms with van der Waals surface area (Å²) in [5.74, 6) is 2.59. The van der Waals surface area contributed by atoms with Crippen LogP contribution in [0.3, 0.4) is 0 Å². The van der Waals surface area contributed by atoms with Crippen molar-refractivity contribution in [2.75, 3.05) is 23.7 Å². The predicted octanol–water partition coefficient (Wildman–Crippen LogP) is 3.06. The highest BCUT2D eigenvalue weighted by molar-refractivity contribution is 5.56. The molecule has 0 aliphatic carbocycles. The Bertz CT molecular complexity index is 334. The highest BCUT2D eigenvalue weighted by Crippen LogP contribution is 2.19. The van der Waals surface area contributed by atoms with Gasteiger partial charge in [0.15, 0.2) is 0 Å². The van der Waals surface area contributed by atoms with E-state index in [1.807, 2.05) is 6.92 Å². The summed E-state index contributed by atoms with van der Waals surface area (Å²) in [6.07, 6.45) is 4.02. The third-order valence-corrected chi connectivity index (χ3v) is 3.14. The molecule has 0 fully saturated rings. The number of nitrogens with one attached hydrogen (secondary N) is 2. The van der Waals surface area contributed by atoms with E-state index in [0.29, 0.717) is 5.92 Å². The summed E-state index contributed by atoms with van der Waals surface area (Å²) in [5.41, 5.74) is 1.10. The van der Waals surface area contributed by atoms with Crippen LogP contribution in [0.15, 0.2) is 6.33 Å². The normalized spacial score (nSPS) is 10.6. The second kappa shape index (κ2) is 7.09. The fourth-order valence-corrected chi connectivity index (χ4v) is 1.79. The first-order valence-electron chi connectivity index (χ1n) is 6.52. The van der Waals surface area contributed by atoms with Gasteiger partial charge < -0.3 is 10.6 Å². The van der Waals surface area contributed by atoms with E-state index >= 15 is 0 Å². The molecule has 0 radical (unpaired) electrons. The molecular formula is C13H24N4. The van der Waals surface area contributed by atoms with Gasteiger partial charge in [0, 0.05) is 18.7 Å². The lowest BCUT2D eigenvalue weighted by atomic mass is 10.0. The Hall–Kier alpha value is -1.32. The first kappa shape index (κ1) is 13.7. The molecule has 0 atom stereocenters. The predicted molar refractivity (Wildman–Crippen MR) is 73.5 cm³/mol. The van der Waals surface area contributed by atoms with Gasteiger partial charge in [-0.05, 0) is 19.8 Å². The fraction of sp³-hybridized carbons (Fsp3) is 0.692. The van der Waals surface area contributed by atoms with Crippen molar-refractivity contribution < 1.29 is 0 Å². The lowest BCUT2D eigenvalue weighted by Crippen LogP contribution is -2.15. The lowest BCUT2D eigenvalue weighted by molar-refractivity contribution is 0.518. The quantitative estimate of drug-likeness (QED) is 0.764. The van der Waals surface area contributed by atoms with Crippen LogP contribution in [0.1, 0.15) is 39.2 Å². The summed E-state index contributed by atoms with van der Waals surface area (Å²) in [4.78, 5) is 8.53. The zero-order valence-electron chi connectivity index (χ0n) is 11.4. The van der Waals surface area contributed by atoms with Crippen LogP contribution in [-0.2, 0) is 0 Å². The average Bonchev–Trinajstić information content (AvgIpc) is 2.35. The van der Waals surface area contributed by atoms with E-state index in [1.54, 1.807) is 6.33 Å². The molecule has 0 saturated carbocycles. The third-order valence-electron chi connectivity index (χ3n) is 3.14. The smallest absolute Gasteiger partial charge is 0.134 e.